The summed E-state index contributed by atoms with van der Waals surface area (Å²) < 4.78 is 23.8. The molecule has 0 aliphatic rings. The lowest BCUT2D eigenvalue weighted by Gasteiger charge is -2.23. The molecule has 0 aliphatic heterocycles. The molecule has 0 fully saturated rings. The van der Waals surface area contributed by atoms with Gasteiger partial charge in [-0.1, -0.05) is 67.4 Å². The molecule has 35 heavy (non-hydrogen) atoms. The van der Waals surface area contributed by atoms with Crippen LogP contribution in [0.2, 0.25) is 10.0 Å². The fourth-order valence-electron chi connectivity index (χ4n) is 3.66. The van der Waals surface area contributed by atoms with E-state index in [1.165, 1.54) is 17.8 Å². The van der Waals surface area contributed by atoms with Crippen LogP contribution in [0.4, 0.5) is 5.69 Å². The first-order valence-electron chi connectivity index (χ1n) is 11.4. The average Bonchev–Trinajstić information content (AvgIpc) is 2.82. The number of hydrogen-bond donors (Lipinski definition) is 1. The van der Waals surface area contributed by atoms with Crippen LogP contribution in [-0.2, 0) is 34.1 Å². The molecular weight excluding hydrogens is 505 g/mol. The second-order valence-corrected chi connectivity index (χ2v) is 11.3. The van der Waals surface area contributed by atoms with E-state index in [1.807, 2.05) is 18.2 Å². The number of nitrogens with zero attached hydrogens (tertiary/aromatic N) is 2. The van der Waals surface area contributed by atoms with Gasteiger partial charge in [0.15, 0.2) is 9.84 Å². The minimum Gasteiger partial charge on any atom is -0.326 e. The lowest BCUT2D eigenvalue weighted by atomic mass is 10.1. The van der Waals surface area contributed by atoms with E-state index in [0.29, 0.717) is 28.0 Å². The number of sulfone groups is 1. The molecule has 1 N–H and O–H groups in total. The molecule has 0 saturated heterocycles. The van der Waals surface area contributed by atoms with Crippen molar-refractivity contribution in [3.8, 4) is 0 Å². The second-order valence-electron chi connectivity index (χ2n) is 8.23. The molecule has 2 aromatic carbocycles. The number of anilines is 1. The summed E-state index contributed by atoms with van der Waals surface area (Å²) >= 11 is 13.1. The van der Waals surface area contributed by atoms with Crippen LogP contribution < -0.4 is 5.32 Å². The summed E-state index contributed by atoms with van der Waals surface area (Å²) in [6.07, 6.45) is 2.27. The average molecular weight is 535 g/mol. The van der Waals surface area contributed by atoms with Gasteiger partial charge in [-0.15, -0.1) is 0 Å². The summed E-state index contributed by atoms with van der Waals surface area (Å²) in [5.41, 5.74) is 2.97. The maximum absolute atomic E-state index is 12.5. The number of carbonyl (C=O) groups excluding carboxylic acids is 1. The molecule has 0 saturated carbocycles. The van der Waals surface area contributed by atoms with Crippen LogP contribution in [0.5, 0.6) is 0 Å². The number of halogens is 2. The SMILES string of the molecule is CCCN(Cc1ccccc1)Cc1c(Cl)cc(NC(=O)Cc2ccc(S(=O)(=O)CC)cn2)cc1Cl. The van der Waals surface area contributed by atoms with Crippen LogP contribution >= 0.6 is 23.2 Å². The minimum atomic E-state index is -3.33. The van der Waals surface area contributed by atoms with Crippen LogP contribution in [0.15, 0.2) is 65.7 Å². The van der Waals surface area contributed by atoms with Crippen LogP contribution in [-0.4, -0.2) is 36.5 Å². The molecule has 6 nitrogen and oxygen atoms in total. The van der Waals surface area contributed by atoms with Crippen LogP contribution in [0.1, 0.15) is 37.1 Å². The van der Waals surface area contributed by atoms with Gasteiger partial charge in [-0.3, -0.25) is 14.7 Å². The third kappa shape index (κ3) is 7.77. The summed E-state index contributed by atoms with van der Waals surface area (Å²) in [4.78, 5) is 19.1. The Morgan fingerprint density at radius 2 is 1.69 bits per heavy atom. The summed E-state index contributed by atoms with van der Waals surface area (Å²) in [7, 11) is -3.33. The Balaban J connectivity index is 1.67. The van der Waals surface area contributed by atoms with Crippen molar-refractivity contribution in [1.29, 1.82) is 0 Å². The number of hydrogen-bond acceptors (Lipinski definition) is 5. The molecule has 0 bridgehead atoms. The molecule has 1 aromatic heterocycles. The van der Waals surface area contributed by atoms with Crippen molar-refractivity contribution in [3.05, 3.63) is 87.7 Å². The number of pyridine rings is 1. The highest BCUT2D eigenvalue weighted by Crippen LogP contribution is 2.31. The first kappa shape index (κ1) is 27.1. The molecule has 0 aliphatic carbocycles. The quantitative estimate of drug-likeness (QED) is 0.338. The van der Waals surface area contributed by atoms with Crippen LogP contribution in [0.25, 0.3) is 0 Å². The van der Waals surface area contributed by atoms with Gasteiger partial charge in [-0.25, -0.2) is 8.42 Å². The number of nitrogens with one attached hydrogen (secondary N) is 1. The van der Waals surface area contributed by atoms with E-state index in [2.05, 4.69) is 34.3 Å². The first-order valence-corrected chi connectivity index (χ1v) is 13.8. The first-order chi connectivity index (χ1) is 16.7. The monoisotopic (exact) mass is 533 g/mol. The van der Waals surface area contributed by atoms with E-state index < -0.39 is 9.84 Å². The Kier molecular flexibility index (Phi) is 9.69. The van der Waals surface area contributed by atoms with Crippen molar-refractivity contribution >= 4 is 44.6 Å². The molecule has 1 heterocycles. The maximum Gasteiger partial charge on any atom is 0.230 e. The normalized spacial score (nSPS) is 11.6. The van der Waals surface area contributed by atoms with Gasteiger partial charge in [0, 0.05) is 46.3 Å². The number of benzene rings is 2. The van der Waals surface area contributed by atoms with Crippen LogP contribution in [0, 0.1) is 0 Å². The van der Waals surface area contributed by atoms with E-state index in [-0.39, 0.29) is 23.0 Å². The topological polar surface area (TPSA) is 79.4 Å². The molecule has 9 heteroatoms. The van der Waals surface area contributed by atoms with E-state index in [4.69, 9.17) is 23.2 Å². The lowest BCUT2D eigenvalue weighted by Crippen LogP contribution is -2.24. The highest BCUT2D eigenvalue weighted by Gasteiger charge is 2.16. The van der Waals surface area contributed by atoms with Crippen molar-refractivity contribution in [1.82, 2.24) is 9.88 Å². The Bertz CT molecular complexity index is 1230. The highest BCUT2D eigenvalue weighted by molar-refractivity contribution is 7.91. The van der Waals surface area contributed by atoms with Gasteiger partial charge in [-0.05, 0) is 42.8 Å². The molecule has 186 valence electrons. The van der Waals surface area contributed by atoms with Crippen molar-refractivity contribution in [3.63, 3.8) is 0 Å². The molecular formula is C26H29Cl2N3O3S. The minimum absolute atomic E-state index is 0.00547. The van der Waals surface area contributed by atoms with Gasteiger partial charge in [0.1, 0.15) is 0 Å². The standard InChI is InChI=1S/C26H29Cl2N3O3S/c1-3-12-31(17-19-8-6-5-7-9-19)18-23-24(27)13-21(14-25(23)28)30-26(32)15-20-10-11-22(16-29-20)35(33,34)4-2/h5-11,13-14,16H,3-4,12,15,17-18H2,1-2H3,(H,30,32). The molecule has 3 aromatic rings. The van der Waals surface area contributed by atoms with E-state index in [9.17, 15) is 13.2 Å². The summed E-state index contributed by atoms with van der Waals surface area (Å²) in [5.74, 6) is -0.311. The Morgan fingerprint density at radius 3 is 2.26 bits per heavy atom. The van der Waals surface area contributed by atoms with Gasteiger partial charge in [0.05, 0.1) is 17.1 Å². The Morgan fingerprint density at radius 1 is 1.00 bits per heavy atom. The number of carbonyl (C=O) groups is 1. The molecule has 0 spiro atoms. The number of rotatable bonds is 11. The Hall–Kier alpha value is -2.45. The molecule has 1 amide bonds. The molecule has 0 atom stereocenters. The molecule has 0 radical (unpaired) electrons. The van der Waals surface area contributed by atoms with Gasteiger partial charge in [0.2, 0.25) is 5.91 Å². The highest BCUT2D eigenvalue weighted by atomic mass is 35.5. The third-order valence-electron chi connectivity index (χ3n) is 5.47. The Labute approximate surface area is 217 Å². The predicted molar refractivity (Wildman–Crippen MR) is 142 cm³/mol. The number of aromatic nitrogens is 1. The van der Waals surface area contributed by atoms with E-state index in [0.717, 1.165) is 25.1 Å². The summed E-state index contributed by atoms with van der Waals surface area (Å²) in [5, 5.41) is 3.76. The lowest BCUT2D eigenvalue weighted by molar-refractivity contribution is -0.115. The largest absolute Gasteiger partial charge is 0.326 e. The smallest absolute Gasteiger partial charge is 0.230 e. The van der Waals surface area contributed by atoms with E-state index in [1.54, 1.807) is 25.1 Å². The maximum atomic E-state index is 12.5. The van der Waals surface area contributed by atoms with Gasteiger partial charge in [-0.2, -0.15) is 0 Å². The summed E-state index contributed by atoms with van der Waals surface area (Å²) in [6.45, 7) is 5.97. The fraction of sp³-hybridized carbons (Fsp3) is 0.308. The second kappa shape index (κ2) is 12.5. The van der Waals surface area contributed by atoms with Crippen LogP contribution in [0.3, 0.4) is 0 Å². The molecule has 3 rings (SSSR count). The van der Waals surface area contributed by atoms with Crippen molar-refractivity contribution in [2.45, 2.75) is 44.7 Å². The number of amides is 1. The van der Waals surface area contributed by atoms with Gasteiger partial charge < -0.3 is 5.32 Å². The fourth-order valence-corrected chi connectivity index (χ4v) is 5.09. The third-order valence-corrected chi connectivity index (χ3v) is 7.87. The zero-order chi connectivity index (χ0) is 25.4. The zero-order valence-corrected chi connectivity index (χ0v) is 22.1. The van der Waals surface area contributed by atoms with Crippen molar-refractivity contribution in [2.75, 3.05) is 17.6 Å². The predicted octanol–water partition coefficient (Wildman–Crippen LogP) is 5.78. The molecule has 0 unspecified atom stereocenters. The summed E-state index contributed by atoms with van der Waals surface area (Å²) in [6, 6.07) is 16.6. The van der Waals surface area contributed by atoms with Gasteiger partial charge in [0.25, 0.3) is 0 Å². The van der Waals surface area contributed by atoms with Crippen molar-refractivity contribution in [2.24, 2.45) is 0 Å². The van der Waals surface area contributed by atoms with E-state index >= 15 is 0 Å². The van der Waals surface area contributed by atoms with Crippen molar-refractivity contribution < 1.29 is 13.2 Å². The van der Waals surface area contributed by atoms with Gasteiger partial charge >= 0.3 is 0 Å². The zero-order valence-electron chi connectivity index (χ0n) is 19.8.